The predicted molar refractivity (Wildman–Crippen MR) is 10.3 cm³/mol. The van der Waals surface area contributed by atoms with E-state index in [4.69, 9.17) is 4.79 Å². The fourth-order valence-electron chi connectivity index (χ4n) is 0. The van der Waals surface area contributed by atoms with E-state index in [9.17, 15) is 0 Å². The predicted octanol–water partition coefficient (Wildman–Crippen LogP) is -0.901. The van der Waals surface area contributed by atoms with Gasteiger partial charge in [0.2, 0.25) is 6.41 Å². The number of hydrogen-bond acceptors (Lipinski definition) is 1. The summed E-state index contributed by atoms with van der Waals surface area (Å²) in [5, 5.41) is 0. The molecule has 0 spiro atoms. The van der Waals surface area contributed by atoms with Crippen LogP contribution in [0.3, 0.4) is 0 Å². The molecule has 0 atom stereocenters. The first-order chi connectivity index (χ1) is 1.41. The Hall–Kier alpha value is 0.184. The monoisotopic (exact) mass is 93.0 g/mol. The Morgan fingerprint density at radius 2 is 1.75 bits per heavy atom. The standard InChI is InChI=1S/CH3NO.Ti/c2-1-3;/h1H,(H2,2,3);. The third-order valence-corrected chi connectivity index (χ3v) is 0. The first kappa shape index (κ1) is 8.89. The molecule has 22 valence electrons. The Kier molecular flexibility index (Phi) is 24.1. The van der Waals surface area contributed by atoms with Crippen LogP contribution in [0.15, 0.2) is 0 Å². The van der Waals surface area contributed by atoms with Crippen LogP contribution in [0.1, 0.15) is 0 Å². The molecule has 0 aromatic rings. The molecule has 0 saturated heterocycles. The summed E-state index contributed by atoms with van der Waals surface area (Å²) in [6.07, 6.45) is 0.250. The van der Waals surface area contributed by atoms with Gasteiger partial charge < -0.3 is 5.73 Å². The van der Waals surface area contributed by atoms with Crippen LogP contribution in [0.5, 0.6) is 0 Å². The summed E-state index contributed by atoms with van der Waals surface area (Å²) in [4.78, 5) is 8.58. The van der Waals surface area contributed by atoms with Gasteiger partial charge in [-0.2, -0.15) is 0 Å². The molecule has 3 heteroatoms. The zero-order valence-corrected chi connectivity index (χ0v) is 3.62. The van der Waals surface area contributed by atoms with Crippen LogP contribution in [0, 0.1) is 0 Å². The van der Waals surface area contributed by atoms with E-state index >= 15 is 0 Å². The van der Waals surface area contributed by atoms with E-state index in [1.807, 2.05) is 0 Å². The molecule has 0 aliphatic rings. The summed E-state index contributed by atoms with van der Waals surface area (Å²) < 4.78 is 0. The molecule has 0 saturated carbocycles. The molecule has 0 aromatic heterocycles. The second-order valence-corrected chi connectivity index (χ2v) is 0.136. The summed E-state index contributed by atoms with van der Waals surface area (Å²) in [5.74, 6) is 0. The average molecular weight is 92.9 g/mol. The molecule has 0 rings (SSSR count). The number of hydrogen-bond donors (Lipinski definition) is 1. The van der Waals surface area contributed by atoms with Crippen molar-refractivity contribution in [3.8, 4) is 0 Å². The summed E-state index contributed by atoms with van der Waals surface area (Å²) in [5.41, 5.74) is 4.17. The molecule has 2 nitrogen and oxygen atoms in total. The molecule has 0 bridgehead atoms. The van der Waals surface area contributed by atoms with Gasteiger partial charge in [-0.15, -0.1) is 0 Å². The molecule has 1 amide bonds. The van der Waals surface area contributed by atoms with Crippen LogP contribution >= 0.6 is 0 Å². The van der Waals surface area contributed by atoms with Crippen LogP contribution in [-0.4, -0.2) is 6.41 Å². The van der Waals surface area contributed by atoms with Gasteiger partial charge in [-0.05, 0) is 0 Å². The van der Waals surface area contributed by atoms with Crippen LogP contribution in [0.2, 0.25) is 0 Å². The zero-order chi connectivity index (χ0) is 2.71. The number of carbonyl (C=O) groups excluding carboxylic acids is 1. The minimum absolute atomic E-state index is 0. The first-order valence-corrected chi connectivity index (χ1v) is 0.569. The van der Waals surface area contributed by atoms with Crippen LogP contribution in [0.4, 0.5) is 0 Å². The van der Waals surface area contributed by atoms with Crippen molar-refractivity contribution in [2.75, 3.05) is 0 Å². The Morgan fingerprint density at radius 1 is 1.75 bits per heavy atom. The van der Waals surface area contributed by atoms with Gasteiger partial charge in [-0.1, -0.05) is 0 Å². The van der Waals surface area contributed by atoms with Gasteiger partial charge in [0, 0.05) is 21.7 Å². The van der Waals surface area contributed by atoms with E-state index in [-0.39, 0.29) is 28.1 Å². The zero-order valence-electron chi connectivity index (χ0n) is 2.06. The second-order valence-electron chi connectivity index (χ2n) is 0.136. The largest absolute Gasteiger partial charge is 0.372 e. The van der Waals surface area contributed by atoms with Crippen molar-refractivity contribution < 1.29 is 26.5 Å². The number of nitrogens with two attached hydrogens (primary N) is 1. The third-order valence-electron chi connectivity index (χ3n) is 0. The van der Waals surface area contributed by atoms with Crippen molar-refractivity contribution in [1.29, 1.82) is 0 Å². The molecular weight excluding hydrogens is 89.9 g/mol. The van der Waals surface area contributed by atoms with Gasteiger partial charge in [-0.25, -0.2) is 0 Å². The van der Waals surface area contributed by atoms with Gasteiger partial charge in [-0.3, -0.25) is 4.79 Å². The van der Waals surface area contributed by atoms with Crippen LogP contribution < -0.4 is 5.73 Å². The van der Waals surface area contributed by atoms with Crippen molar-refractivity contribution >= 4 is 6.41 Å². The maximum absolute atomic E-state index is 8.58. The van der Waals surface area contributed by atoms with Crippen molar-refractivity contribution in [1.82, 2.24) is 0 Å². The Balaban J connectivity index is 0. The fraction of sp³-hybridized carbons (Fsp3) is 0. The third kappa shape index (κ3) is 90.2. The van der Waals surface area contributed by atoms with Gasteiger partial charge in [0.15, 0.2) is 0 Å². The van der Waals surface area contributed by atoms with E-state index in [1.165, 1.54) is 0 Å². The molecule has 0 unspecified atom stereocenters. The normalized spacial score (nSPS) is 3.00. The molecule has 2 N–H and O–H groups in total. The quantitative estimate of drug-likeness (QED) is 0.306. The van der Waals surface area contributed by atoms with E-state index in [0.717, 1.165) is 0 Å². The van der Waals surface area contributed by atoms with Crippen molar-refractivity contribution in [3.63, 3.8) is 0 Å². The molecule has 0 heterocycles. The van der Waals surface area contributed by atoms with Crippen molar-refractivity contribution in [2.45, 2.75) is 0 Å². The number of carbonyl (C=O) groups is 1. The fourth-order valence-corrected chi connectivity index (χ4v) is 0. The number of rotatable bonds is 0. The second kappa shape index (κ2) is 10.8. The van der Waals surface area contributed by atoms with Crippen molar-refractivity contribution in [3.05, 3.63) is 0 Å². The number of amides is 1. The Labute approximate surface area is 39.2 Å². The van der Waals surface area contributed by atoms with E-state index in [0.29, 0.717) is 0 Å². The summed E-state index contributed by atoms with van der Waals surface area (Å²) in [6, 6.07) is 0. The molecular formula is CH3NOTi. The number of primary amides is 1. The molecule has 0 radical (unpaired) electrons. The van der Waals surface area contributed by atoms with E-state index < -0.39 is 0 Å². The van der Waals surface area contributed by atoms with Gasteiger partial charge in [0.05, 0.1) is 0 Å². The maximum atomic E-state index is 8.58. The van der Waals surface area contributed by atoms with E-state index in [1.54, 1.807) is 0 Å². The average Bonchev–Trinajstić information content (AvgIpc) is 0.918. The summed E-state index contributed by atoms with van der Waals surface area (Å²) >= 11 is 0. The summed E-state index contributed by atoms with van der Waals surface area (Å²) in [7, 11) is 0. The minimum atomic E-state index is 0. The smallest absolute Gasteiger partial charge is 0.204 e. The first-order valence-electron chi connectivity index (χ1n) is 0.569. The van der Waals surface area contributed by atoms with E-state index in [2.05, 4.69) is 5.73 Å². The molecule has 0 fully saturated rings. The van der Waals surface area contributed by atoms with Gasteiger partial charge in [0.1, 0.15) is 0 Å². The minimum Gasteiger partial charge on any atom is -0.372 e. The van der Waals surface area contributed by atoms with Gasteiger partial charge in [0.25, 0.3) is 0 Å². The SMILES string of the molecule is NC=O.[Ti]. The van der Waals surface area contributed by atoms with Crippen molar-refractivity contribution in [2.24, 2.45) is 5.73 Å². The van der Waals surface area contributed by atoms with Gasteiger partial charge >= 0.3 is 0 Å². The van der Waals surface area contributed by atoms with Crippen LogP contribution in [-0.2, 0) is 26.5 Å². The Bertz CT molecular complexity index is 15.5. The molecule has 4 heavy (non-hydrogen) atoms. The molecule has 0 aliphatic heterocycles. The Morgan fingerprint density at radius 3 is 1.75 bits per heavy atom. The summed E-state index contributed by atoms with van der Waals surface area (Å²) in [6.45, 7) is 0. The molecule has 0 aromatic carbocycles. The van der Waals surface area contributed by atoms with Crippen LogP contribution in [0.25, 0.3) is 0 Å². The molecule has 0 aliphatic carbocycles. The topological polar surface area (TPSA) is 43.1 Å². The maximum Gasteiger partial charge on any atom is 0.204 e.